The third kappa shape index (κ3) is 2.04. The van der Waals surface area contributed by atoms with Gasteiger partial charge in [0.25, 0.3) is 5.91 Å². The van der Waals surface area contributed by atoms with Crippen molar-refractivity contribution in [2.24, 2.45) is 0 Å². The first-order valence-corrected chi connectivity index (χ1v) is 4.92. The lowest BCUT2D eigenvalue weighted by molar-refractivity contribution is -0.123. The first-order chi connectivity index (χ1) is 7.56. The largest absolute Gasteiger partial charge is 0.441 e. The van der Waals surface area contributed by atoms with Crippen LogP contribution in [0.3, 0.4) is 0 Å². The van der Waals surface area contributed by atoms with Gasteiger partial charge in [-0.05, 0) is 25.1 Å². The average Bonchev–Trinajstić information content (AvgIpc) is 2.57. The van der Waals surface area contributed by atoms with E-state index in [4.69, 9.17) is 9.52 Å². The number of nitrogens with zero attached hydrogens (tertiary/aromatic N) is 1. The SMILES string of the molecule is Cc1nc2cc(NC(=O)C(C)O)ccc2o1. The second-order valence-electron chi connectivity index (χ2n) is 3.58. The highest BCUT2D eigenvalue weighted by Gasteiger charge is 2.10. The number of anilines is 1. The van der Waals surface area contributed by atoms with E-state index in [1.54, 1.807) is 25.1 Å². The van der Waals surface area contributed by atoms with Gasteiger partial charge in [0.2, 0.25) is 0 Å². The van der Waals surface area contributed by atoms with Gasteiger partial charge < -0.3 is 14.8 Å². The lowest BCUT2D eigenvalue weighted by Gasteiger charge is -2.06. The maximum absolute atomic E-state index is 11.2. The molecule has 0 fully saturated rings. The predicted octanol–water partition coefficient (Wildman–Crippen LogP) is 1.46. The molecule has 0 aliphatic heterocycles. The summed E-state index contributed by atoms with van der Waals surface area (Å²) in [6.45, 7) is 3.17. The topological polar surface area (TPSA) is 75.4 Å². The minimum atomic E-state index is -1.03. The molecule has 1 amide bonds. The smallest absolute Gasteiger partial charge is 0.252 e. The number of aromatic nitrogens is 1. The summed E-state index contributed by atoms with van der Waals surface area (Å²) in [7, 11) is 0. The van der Waals surface area contributed by atoms with E-state index in [9.17, 15) is 4.79 Å². The Labute approximate surface area is 92.1 Å². The van der Waals surface area contributed by atoms with E-state index >= 15 is 0 Å². The van der Waals surface area contributed by atoms with E-state index in [1.165, 1.54) is 6.92 Å². The van der Waals surface area contributed by atoms with E-state index in [0.29, 0.717) is 22.7 Å². The molecule has 2 rings (SSSR count). The Morgan fingerprint density at radius 3 is 3.00 bits per heavy atom. The summed E-state index contributed by atoms with van der Waals surface area (Å²) in [5.74, 6) is 0.133. The molecule has 0 saturated heterocycles. The quantitative estimate of drug-likeness (QED) is 0.803. The maximum Gasteiger partial charge on any atom is 0.252 e. The minimum absolute atomic E-state index is 0.445. The highest BCUT2D eigenvalue weighted by Crippen LogP contribution is 2.19. The van der Waals surface area contributed by atoms with Gasteiger partial charge in [0.05, 0.1) is 0 Å². The Bertz CT molecular complexity index is 531. The zero-order valence-corrected chi connectivity index (χ0v) is 9.02. The third-order valence-electron chi connectivity index (χ3n) is 2.14. The van der Waals surface area contributed by atoms with Crippen LogP contribution in [0.25, 0.3) is 11.1 Å². The van der Waals surface area contributed by atoms with Crippen molar-refractivity contribution >= 4 is 22.7 Å². The van der Waals surface area contributed by atoms with Crippen molar-refractivity contribution in [3.05, 3.63) is 24.1 Å². The van der Waals surface area contributed by atoms with Gasteiger partial charge in [-0.3, -0.25) is 4.79 Å². The molecule has 16 heavy (non-hydrogen) atoms. The van der Waals surface area contributed by atoms with E-state index in [0.717, 1.165) is 0 Å². The monoisotopic (exact) mass is 220 g/mol. The fraction of sp³-hybridized carbons (Fsp3) is 0.273. The molecule has 0 radical (unpaired) electrons. The van der Waals surface area contributed by atoms with Crippen LogP contribution in [-0.2, 0) is 4.79 Å². The van der Waals surface area contributed by atoms with Crippen molar-refractivity contribution in [3.8, 4) is 0 Å². The molecular weight excluding hydrogens is 208 g/mol. The number of fused-ring (bicyclic) bond motifs is 1. The van der Waals surface area contributed by atoms with Crippen molar-refractivity contribution in [2.45, 2.75) is 20.0 Å². The van der Waals surface area contributed by atoms with E-state index in [1.807, 2.05) is 0 Å². The molecule has 1 heterocycles. The van der Waals surface area contributed by atoms with Crippen LogP contribution in [0, 0.1) is 6.92 Å². The van der Waals surface area contributed by atoms with E-state index in [2.05, 4.69) is 10.3 Å². The number of aliphatic hydroxyl groups excluding tert-OH is 1. The minimum Gasteiger partial charge on any atom is -0.441 e. The average molecular weight is 220 g/mol. The number of oxazole rings is 1. The number of rotatable bonds is 2. The normalized spacial score (nSPS) is 12.7. The first-order valence-electron chi connectivity index (χ1n) is 4.92. The van der Waals surface area contributed by atoms with Crippen molar-refractivity contribution in [3.63, 3.8) is 0 Å². The van der Waals surface area contributed by atoms with Gasteiger partial charge in [0.15, 0.2) is 11.5 Å². The van der Waals surface area contributed by atoms with Gasteiger partial charge in [-0.1, -0.05) is 0 Å². The lowest BCUT2D eigenvalue weighted by Crippen LogP contribution is -2.24. The summed E-state index contributed by atoms with van der Waals surface area (Å²) < 4.78 is 5.30. The second kappa shape index (κ2) is 3.94. The number of amides is 1. The molecule has 0 saturated carbocycles. The van der Waals surface area contributed by atoms with Crippen LogP contribution in [-0.4, -0.2) is 22.1 Å². The standard InChI is InChI=1S/C11H12N2O3/c1-6(14)11(15)13-8-3-4-10-9(5-8)12-7(2)16-10/h3-6,14H,1-2H3,(H,13,15). The van der Waals surface area contributed by atoms with Crippen LogP contribution in [0.4, 0.5) is 5.69 Å². The number of aryl methyl sites for hydroxylation is 1. The molecule has 0 aliphatic carbocycles. The number of hydrogen-bond acceptors (Lipinski definition) is 4. The highest BCUT2D eigenvalue weighted by atomic mass is 16.3. The van der Waals surface area contributed by atoms with Gasteiger partial charge in [-0.2, -0.15) is 0 Å². The van der Waals surface area contributed by atoms with Gasteiger partial charge in [0, 0.05) is 12.6 Å². The fourth-order valence-electron chi connectivity index (χ4n) is 1.37. The van der Waals surface area contributed by atoms with Crippen LogP contribution in [0.5, 0.6) is 0 Å². The Kier molecular flexibility index (Phi) is 2.62. The highest BCUT2D eigenvalue weighted by molar-refractivity contribution is 5.95. The fourth-order valence-corrected chi connectivity index (χ4v) is 1.37. The van der Waals surface area contributed by atoms with Crippen LogP contribution < -0.4 is 5.32 Å². The van der Waals surface area contributed by atoms with Gasteiger partial charge in [0.1, 0.15) is 11.6 Å². The molecule has 1 unspecified atom stereocenters. The molecular formula is C11H12N2O3. The van der Waals surface area contributed by atoms with Gasteiger partial charge in [-0.15, -0.1) is 0 Å². The summed E-state index contributed by atoms with van der Waals surface area (Å²) >= 11 is 0. The molecule has 0 aliphatic rings. The molecule has 5 heteroatoms. The predicted molar refractivity (Wildman–Crippen MR) is 59.1 cm³/mol. The number of aliphatic hydroxyl groups is 1. The Hall–Kier alpha value is -1.88. The van der Waals surface area contributed by atoms with Crippen molar-refractivity contribution in [2.75, 3.05) is 5.32 Å². The molecule has 0 spiro atoms. The zero-order valence-electron chi connectivity index (χ0n) is 9.02. The summed E-state index contributed by atoms with van der Waals surface area (Å²) in [5, 5.41) is 11.6. The third-order valence-corrected chi connectivity index (χ3v) is 2.14. The van der Waals surface area contributed by atoms with Gasteiger partial charge >= 0.3 is 0 Å². The molecule has 1 aromatic carbocycles. The zero-order chi connectivity index (χ0) is 11.7. The number of benzene rings is 1. The second-order valence-corrected chi connectivity index (χ2v) is 3.58. The number of carbonyl (C=O) groups is 1. The molecule has 1 aromatic heterocycles. The molecule has 0 bridgehead atoms. The van der Waals surface area contributed by atoms with Gasteiger partial charge in [-0.25, -0.2) is 4.98 Å². The van der Waals surface area contributed by atoms with E-state index in [-0.39, 0.29) is 0 Å². The van der Waals surface area contributed by atoms with Crippen LogP contribution in [0.2, 0.25) is 0 Å². The number of carbonyl (C=O) groups excluding carboxylic acids is 1. The number of nitrogens with one attached hydrogen (secondary N) is 1. The Balaban J connectivity index is 2.29. The van der Waals surface area contributed by atoms with Crippen molar-refractivity contribution in [1.29, 1.82) is 0 Å². The van der Waals surface area contributed by atoms with Crippen LogP contribution in [0.15, 0.2) is 22.6 Å². The summed E-state index contributed by atoms with van der Waals surface area (Å²) in [4.78, 5) is 15.4. The van der Waals surface area contributed by atoms with Crippen molar-refractivity contribution < 1.29 is 14.3 Å². The van der Waals surface area contributed by atoms with Crippen LogP contribution in [0.1, 0.15) is 12.8 Å². The molecule has 2 N–H and O–H groups in total. The Morgan fingerprint density at radius 1 is 1.56 bits per heavy atom. The first kappa shape index (κ1) is 10.6. The summed E-state index contributed by atoms with van der Waals surface area (Å²) in [6, 6.07) is 5.13. The molecule has 5 nitrogen and oxygen atoms in total. The lowest BCUT2D eigenvalue weighted by atomic mass is 10.2. The molecule has 84 valence electrons. The summed E-state index contributed by atoms with van der Waals surface area (Å²) in [6.07, 6.45) is -1.03. The van der Waals surface area contributed by atoms with E-state index < -0.39 is 12.0 Å². The Morgan fingerprint density at radius 2 is 2.31 bits per heavy atom. The van der Waals surface area contributed by atoms with Crippen LogP contribution >= 0.6 is 0 Å². The number of hydrogen-bond donors (Lipinski definition) is 2. The summed E-state index contributed by atoms with van der Waals surface area (Å²) in [5.41, 5.74) is 1.94. The van der Waals surface area contributed by atoms with Crippen molar-refractivity contribution in [1.82, 2.24) is 4.98 Å². The molecule has 2 aromatic rings. The maximum atomic E-state index is 11.2. The molecule has 1 atom stereocenters.